The molecule has 0 aliphatic carbocycles. The van der Waals surface area contributed by atoms with E-state index in [4.69, 9.17) is 10.2 Å². The molecular weight excluding hydrogens is 274 g/mol. The molecule has 0 aromatic carbocycles. The highest BCUT2D eigenvalue weighted by molar-refractivity contribution is 7.89. The van der Waals surface area contributed by atoms with Gasteiger partial charge in [0.05, 0.1) is 11.7 Å². The van der Waals surface area contributed by atoms with Gasteiger partial charge in [0.15, 0.2) is 0 Å². The van der Waals surface area contributed by atoms with Crippen LogP contribution in [0.3, 0.4) is 0 Å². The first-order chi connectivity index (χ1) is 8.61. The number of primary sulfonamides is 1. The minimum atomic E-state index is -3.62. The quantitative estimate of drug-likeness (QED) is 0.470. The van der Waals surface area contributed by atoms with Crippen LogP contribution < -0.4 is 15.8 Å². The lowest BCUT2D eigenvalue weighted by atomic mass is 9.97. The molecule has 0 spiro atoms. The molecule has 0 aromatic heterocycles. The highest BCUT2D eigenvalue weighted by atomic mass is 32.2. The number of urea groups is 1. The van der Waals surface area contributed by atoms with Gasteiger partial charge in [0.25, 0.3) is 0 Å². The molecule has 0 bridgehead atoms. The predicted molar refractivity (Wildman–Crippen MR) is 70.0 cm³/mol. The van der Waals surface area contributed by atoms with E-state index < -0.39 is 27.9 Å². The van der Waals surface area contributed by atoms with E-state index in [0.717, 1.165) is 0 Å². The Morgan fingerprint density at radius 2 is 1.84 bits per heavy atom. The van der Waals surface area contributed by atoms with Gasteiger partial charge < -0.3 is 15.7 Å². The fourth-order valence-electron chi connectivity index (χ4n) is 1.43. The first-order valence-electron chi connectivity index (χ1n) is 5.86. The molecule has 2 amide bonds. The van der Waals surface area contributed by atoms with Crippen LogP contribution in [0.2, 0.25) is 0 Å². The van der Waals surface area contributed by atoms with Crippen LogP contribution in [0, 0.1) is 11.8 Å². The molecule has 9 heteroatoms. The van der Waals surface area contributed by atoms with Gasteiger partial charge in [-0.2, -0.15) is 0 Å². The minimum absolute atomic E-state index is 0.00524. The molecule has 0 fully saturated rings. The lowest BCUT2D eigenvalue weighted by molar-refractivity contribution is -0.142. The summed E-state index contributed by atoms with van der Waals surface area (Å²) in [6.45, 7) is 3.66. The average molecular weight is 295 g/mol. The molecule has 0 aliphatic rings. The second-order valence-corrected chi connectivity index (χ2v) is 6.40. The molecular formula is C10H21N3O5S. The third kappa shape index (κ3) is 10.3. The zero-order chi connectivity index (χ0) is 15.1. The highest BCUT2D eigenvalue weighted by Crippen LogP contribution is 2.10. The van der Waals surface area contributed by atoms with Crippen LogP contribution >= 0.6 is 0 Å². The first-order valence-corrected chi connectivity index (χ1v) is 7.58. The number of aliphatic carboxylic acids is 1. The molecule has 19 heavy (non-hydrogen) atoms. The Morgan fingerprint density at radius 3 is 2.26 bits per heavy atom. The third-order valence-electron chi connectivity index (χ3n) is 2.29. The molecule has 0 aromatic rings. The van der Waals surface area contributed by atoms with Crippen molar-refractivity contribution in [1.29, 1.82) is 0 Å². The summed E-state index contributed by atoms with van der Waals surface area (Å²) >= 11 is 0. The summed E-state index contributed by atoms with van der Waals surface area (Å²) in [5.41, 5.74) is 0. The number of nitrogens with two attached hydrogens (primary N) is 1. The number of rotatable bonds is 8. The Kier molecular flexibility index (Phi) is 7.38. The standard InChI is InChI=1S/C10H21N3O5S/c1-7(2)5-8(9(14)15)6-13-10(16)12-3-4-19(11,17)18/h7-8H,3-6H2,1-2H3,(H,14,15)(H2,11,17,18)(H2,12,13,16). The van der Waals surface area contributed by atoms with Crippen LogP contribution in [0.25, 0.3) is 0 Å². The fourth-order valence-corrected chi connectivity index (χ4v) is 1.81. The van der Waals surface area contributed by atoms with Crippen LogP contribution in [0.15, 0.2) is 0 Å². The first kappa shape index (κ1) is 17.6. The van der Waals surface area contributed by atoms with Crippen molar-refractivity contribution in [2.45, 2.75) is 20.3 Å². The number of carbonyl (C=O) groups excluding carboxylic acids is 1. The van der Waals surface area contributed by atoms with Crippen LogP contribution in [0.4, 0.5) is 4.79 Å². The zero-order valence-electron chi connectivity index (χ0n) is 11.0. The van der Waals surface area contributed by atoms with Gasteiger partial charge >= 0.3 is 12.0 Å². The molecule has 5 N–H and O–H groups in total. The van der Waals surface area contributed by atoms with E-state index in [1.54, 1.807) is 0 Å². The van der Waals surface area contributed by atoms with Crippen molar-refractivity contribution in [3.05, 3.63) is 0 Å². The SMILES string of the molecule is CC(C)CC(CNC(=O)NCCS(N)(=O)=O)C(=O)O. The highest BCUT2D eigenvalue weighted by Gasteiger charge is 2.19. The van der Waals surface area contributed by atoms with E-state index in [1.807, 2.05) is 13.8 Å². The van der Waals surface area contributed by atoms with E-state index in [-0.39, 0.29) is 24.8 Å². The minimum Gasteiger partial charge on any atom is -0.481 e. The van der Waals surface area contributed by atoms with E-state index >= 15 is 0 Å². The predicted octanol–water partition coefficient (Wildman–Crippen LogP) is -0.679. The summed E-state index contributed by atoms with van der Waals surface area (Å²) < 4.78 is 21.2. The topological polar surface area (TPSA) is 139 Å². The Hall–Kier alpha value is -1.35. The van der Waals surface area contributed by atoms with Crippen molar-refractivity contribution < 1.29 is 23.1 Å². The second kappa shape index (κ2) is 7.95. The van der Waals surface area contributed by atoms with Gasteiger partial charge in [0.2, 0.25) is 10.0 Å². The van der Waals surface area contributed by atoms with Crippen molar-refractivity contribution in [3.63, 3.8) is 0 Å². The Morgan fingerprint density at radius 1 is 1.26 bits per heavy atom. The van der Waals surface area contributed by atoms with Gasteiger partial charge in [0.1, 0.15) is 0 Å². The number of hydrogen-bond acceptors (Lipinski definition) is 4. The molecule has 0 saturated carbocycles. The number of carboxylic acids is 1. The third-order valence-corrected chi connectivity index (χ3v) is 3.06. The monoisotopic (exact) mass is 295 g/mol. The van der Waals surface area contributed by atoms with E-state index in [0.29, 0.717) is 6.42 Å². The summed E-state index contributed by atoms with van der Waals surface area (Å²) in [4.78, 5) is 22.2. The smallest absolute Gasteiger partial charge is 0.314 e. The molecule has 1 atom stereocenters. The van der Waals surface area contributed by atoms with Gasteiger partial charge in [-0.25, -0.2) is 18.4 Å². The normalized spacial score (nSPS) is 13.1. The van der Waals surface area contributed by atoms with E-state index in [9.17, 15) is 18.0 Å². The van der Waals surface area contributed by atoms with Gasteiger partial charge in [0, 0.05) is 13.1 Å². The van der Waals surface area contributed by atoms with Crippen molar-refractivity contribution >= 4 is 22.0 Å². The summed E-state index contributed by atoms with van der Waals surface area (Å²) in [7, 11) is -3.62. The molecule has 0 rings (SSSR count). The number of carbonyl (C=O) groups is 2. The maximum Gasteiger partial charge on any atom is 0.314 e. The van der Waals surface area contributed by atoms with Crippen LogP contribution in [-0.2, 0) is 14.8 Å². The molecule has 8 nitrogen and oxygen atoms in total. The molecule has 0 saturated heterocycles. The van der Waals surface area contributed by atoms with E-state index in [1.165, 1.54) is 0 Å². The molecule has 0 heterocycles. The van der Waals surface area contributed by atoms with Crippen LogP contribution in [0.5, 0.6) is 0 Å². The van der Waals surface area contributed by atoms with Crippen molar-refractivity contribution in [1.82, 2.24) is 10.6 Å². The van der Waals surface area contributed by atoms with Crippen LogP contribution in [-0.4, -0.2) is 44.4 Å². The number of amides is 2. The average Bonchev–Trinajstić information content (AvgIpc) is 2.21. The molecule has 0 radical (unpaired) electrons. The Bertz CT molecular complexity index is 407. The van der Waals surface area contributed by atoms with Crippen molar-refractivity contribution in [2.24, 2.45) is 17.0 Å². The largest absolute Gasteiger partial charge is 0.481 e. The molecule has 112 valence electrons. The molecule has 1 unspecified atom stereocenters. The van der Waals surface area contributed by atoms with Crippen molar-refractivity contribution in [3.8, 4) is 0 Å². The van der Waals surface area contributed by atoms with E-state index in [2.05, 4.69) is 10.6 Å². The Labute approximate surface area is 112 Å². The maximum absolute atomic E-state index is 11.3. The Balaban J connectivity index is 4.02. The molecule has 0 aliphatic heterocycles. The van der Waals surface area contributed by atoms with Crippen molar-refractivity contribution in [2.75, 3.05) is 18.8 Å². The van der Waals surface area contributed by atoms with Gasteiger partial charge in [-0.05, 0) is 12.3 Å². The fraction of sp³-hybridized carbons (Fsp3) is 0.800. The maximum atomic E-state index is 11.3. The summed E-state index contributed by atoms with van der Waals surface area (Å²) in [5, 5.41) is 18.4. The summed E-state index contributed by atoms with van der Waals surface area (Å²) in [6, 6.07) is -0.612. The van der Waals surface area contributed by atoms with Gasteiger partial charge in [-0.15, -0.1) is 0 Å². The number of carboxylic acid groups (broad SMARTS) is 1. The van der Waals surface area contributed by atoms with Crippen LogP contribution in [0.1, 0.15) is 20.3 Å². The number of nitrogens with one attached hydrogen (secondary N) is 2. The second-order valence-electron chi connectivity index (χ2n) is 4.67. The summed E-state index contributed by atoms with van der Waals surface area (Å²) in [6.07, 6.45) is 0.451. The number of sulfonamides is 1. The van der Waals surface area contributed by atoms with Gasteiger partial charge in [-0.1, -0.05) is 13.8 Å². The number of hydrogen-bond donors (Lipinski definition) is 4. The van der Waals surface area contributed by atoms with Gasteiger partial charge in [-0.3, -0.25) is 4.79 Å². The lowest BCUT2D eigenvalue weighted by Crippen LogP contribution is -2.42. The lowest BCUT2D eigenvalue weighted by Gasteiger charge is -2.15. The zero-order valence-corrected chi connectivity index (χ0v) is 11.9. The summed E-state index contributed by atoms with van der Waals surface area (Å²) in [5.74, 6) is -1.80.